The van der Waals surface area contributed by atoms with Gasteiger partial charge in [0.1, 0.15) is 22.4 Å². The molecule has 1 unspecified atom stereocenters. The van der Waals surface area contributed by atoms with E-state index < -0.39 is 0 Å². The monoisotopic (exact) mass is 395 g/mol. The molecule has 7 heteroatoms. The maximum atomic E-state index is 10.7. The second-order valence-electron chi connectivity index (χ2n) is 5.57. The van der Waals surface area contributed by atoms with Crippen molar-refractivity contribution in [2.24, 2.45) is 0 Å². The van der Waals surface area contributed by atoms with Gasteiger partial charge in [0.25, 0.3) is 0 Å². The largest absolute Gasteiger partial charge is 0.510 e. The van der Waals surface area contributed by atoms with Crippen LogP contribution in [0.5, 0.6) is 0 Å². The smallest absolute Gasteiger partial charge is 0.151 e. The topological polar surface area (TPSA) is 69.8 Å². The van der Waals surface area contributed by atoms with Crippen molar-refractivity contribution in [3.63, 3.8) is 0 Å². The summed E-state index contributed by atoms with van der Waals surface area (Å²) in [7, 11) is 0. The summed E-state index contributed by atoms with van der Waals surface area (Å²) in [6, 6.07) is 17.8. The first kappa shape index (κ1) is 17.0. The van der Waals surface area contributed by atoms with Crippen LogP contribution in [0.2, 0.25) is 0 Å². The molecule has 0 saturated carbocycles. The van der Waals surface area contributed by atoms with Crippen LogP contribution in [0.3, 0.4) is 0 Å². The molecular formula is C19H13N3OS3. The quantitative estimate of drug-likeness (QED) is 0.265. The molecule has 128 valence electrons. The predicted molar refractivity (Wildman–Crippen MR) is 110 cm³/mol. The second kappa shape index (κ2) is 7.08. The fourth-order valence-corrected chi connectivity index (χ4v) is 5.75. The number of aliphatic hydroxyl groups is 1. The van der Waals surface area contributed by atoms with Crippen LogP contribution in [0.15, 0.2) is 58.6 Å². The van der Waals surface area contributed by atoms with Gasteiger partial charge in [0.2, 0.25) is 0 Å². The normalized spacial score (nSPS) is 13.5. The number of nitriles is 1. The summed E-state index contributed by atoms with van der Waals surface area (Å²) in [4.78, 5) is 9.06. The van der Waals surface area contributed by atoms with E-state index in [1.807, 2.05) is 55.5 Å². The van der Waals surface area contributed by atoms with Crippen molar-refractivity contribution in [2.75, 3.05) is 0 Å². The molecule has 0 saturated heterocycles. The Hall–Kier alpha value is -2.40. The molecule has 26 heavy (non-hydrogen) atoms. The molecule has 0 spiro atoms. The average molecular weight is 396 g/mol. The van der Waals surface area contributed by atoms with Gasteiger partial charge in [-0.25, -0.2) is 9.97 Å². The van der Waals surface area contributed by atoms with E-state index in [9.17, 15) is 10.4 Å². The third kappa shape index (κ3) is 3.19. The first-order valence-electron chi connectivity index (χ1n) is 7.87. The van der Waals surface area contributed by atoms with Gasteiger partial charge in [-0.2, -0.15) is 5.26 Å². The number of nitrogens with zero attached hydrogens (tertiary/aromatic N) is 3. The first-order valence-corrected chi connectivity index (χ1v) is 10.4. The Balaban J connectivity index is 1.66. The van der Waals surface area contributed by atoms with Crippen LogP contribution in [0.25, 0.3) is 26.0 Å². The minimum atomic E-state index is -0.294. The summed E-state index contributed by atoms with van der Waals surface area (Å²) in [5, 5.41) is 20.5. The lowest BCUT2D eigenvalue weighted by Crippen LogP contribution is -2.03. The Labute approximate surface area is 162 Å². The van der Waals surface area contributed by atoms with Crippen molar-refractivity contribution in [1.29, 1.82) is 5.26 Å². The number of benzene rings is 2. The van der Waals surface area contributed by atoms with Crippen LogP contribution in [0, 0.1) is 11.3 Å². The molecule has 4 nitrogen and oxygen atoms in total. The summed E-state index contributed by atoms with van der Waals surface area (Å²) < 4.78 is 2.97. The Morgan fingerprint density at radius 1 is 1.04 bits per heavy atom. The Bertz CT molecular complexity index is 1100. The molecule has 2 aromatic carbocycles. The van der Waals surface area contributed by atoms with Crippen molar-refractivity contribution in [1.82, 2.24) is 9.97 Å². The standard InChI is InChI=1S/C19H13N3OS3/c1-11(24-19-22-14-7-3-5-9-16(14)26-19)17(23)12(10-20)18-21-13-6-2-4-8-15(13)25-18/h2-9,11,23H,1H3/b17-12-. The molecule has 0 aliphatic carbocycles. The van der Waals surface area contributed by atoms with Crippen LogP contribution in [-0.4, -0.2) is 20.3 Å². The van der Waals surface area contributed by atoms with E-state index >= 15 is 0 Å². The van der Waals surface area contributed by atoms with Crippen LogP contribution in [0.1, 0.15) is 11.9 Å². The maximum Gasteiger partial charge on any atom is 0.151 e. The number of fused-ring (bicyclic) bond motifs is 2. The van der Waals surface area contributed by atoms with E-state index in [2.05, 4.69) is 16.0 Å². The molecule has 0 amide bonds. The summed E-state index contributed by atoms with van der Waals surface area (Å²) in [6.07, 6.45) is 0. The number of para-hydroxylation sites is 2. The Morgan fingerprint density at radius 2 is 1.65 bits per heavy atom. The number of thioether (sulfide) groups is 1. The van der Waals surface area contributed by atoms with Crippen molar-refractivity contribution in [2.45, 2.75) is 16.5 Å². The number of hydrogen-bond acceptors (Lipinski definition) is 7. The zero-order valence-electron chi connectivity index (χ0n) is 13.7. The third-order valence-corrected chi connectivity index (χ3v) is 7.11. The maximum absolute atomic E-state index is 10.7. The Morgan fingerprint density at radius 3 is 2.27 bits per heavy atom. The summed E-state index contributed by atoms with van der Waals surface area (Å²) in [6.45, 7) is 1.87. The van der Waals surface area contributed by atoms with Gasteiger partial charge < -0.3 is 5.11 Å². The van der Waals surface area contributed by atoms with E-state index in [0.717, 1.165) is 24.8 Å². The average Bonchev–Trinajstić information content (AvgIpc) is 3.25. The second-order valence-corrected chi connectivity index (χ2v) is 9.22. The highest BCUT2D eigenvalue weighted by molar-refractivity contribution is 8.01. The molecule has 0 aliphatic rings. The van der Waals surface area contributed by atoms with Crippen LogP contribution >= 0.6 is 34.4 Å². The number of aromatic nitrogens is 2. The molecule has 4 aromatic rings. The van der Waals surface area contributed by atoms with Gasteiger partial charge in [-0.3, -0.25) is 0 Å². The zero-order chi connectivity index (χ0) is 18.1. The molecule has 1 N–H and O–H groups in total. The van der Waals surface area contributed by atoms with Crippen LogP contribution in [-0.2, 0) is 0 Å². The van der Waals surface area contributed by atoms with Gasteiger partial charge in [0.15, 0.2) is 4.34 Å². The minimum Gasteiger partial charge on any atom is -0.510 e. The number of allylic oxidation sites excluding steroid dienone is 1. The number of aliphatic hydroxyl groups excluding tert-OH is 1. The molecular weight excluding hydrogens is 382 g/mol. The lowest BCUT2D eigenvalue weighted by molar-refractivity contribution is 0.402. The fourth-order valence-electron chi connectivity index (χ4n) is 2.51. The number of rotatable bonds is 4. The fraction of sp³-hybridized carbons (Fsp3) is 0.105. The molecule has 0 bridgehead atoms. The van der Waals surface area contributed by atoms with Gasteiger partial charge in [-0.15, -0.1) is 22.7 Å². The van der Waals surface area contributed by atoms with E-state index in [0.29, 0.717) is 5.01 Å². The minimum absolute atomic E-state index is 0.0378. The molecule has 0 fully saturated rings. The van der Waals surface area contributed by atoms with E-state index in [1.54, 1.807) is 11.3 Å². The van der Waals surface area contributed by atoms with Crippen molar-refractivity contribution >= 4 is 60.4 Å². The summed E-state index contributed by atoms with van der Waals surface area (Å²) >= 11 is 4.44. The van der Waals surface area contributed by atoms with Crippen molar-refractivity contribution < 1.29 is 5.11 Å². The highest BCUT2D eigenvalue weighted by Gasteiger charge is 2.20. The zero-order valence-corrected chi connectivity index (χ0v) is 16.2. The van der Waals surface area contributed by atoms with Crippen molar-refractivity contribution in [3.05, 3.63) is 59.3 Å². The summed E-state index contributed by atoms with van der Waals surface area (Å²) in [5.74, 6) is 0.0378. The highest BCUT2D eigenvalue weighted by Crippen LogP contribution is 2.36. The molecule has 4 rings (SSSR count). The third-order valence-electron chi connectivity index (χ3n) is 3.81. The van der Waals surface area contributed by atoms with E-state index in [4.69, 9.17) is 0 Å². The molecule has 2 aromatic heterocycles. The van der Waals surface area contributed by atoms with Crippen molar-refractivity contribution in [3.8, 4) is 6.07 Å². The lowest BCUT2D eigenvalue weighted by Gasteiger charge is -2.09. The molecule has 0 aliphatic heterocycles. The van der Waals surface area contributed by atoms with Gasteiger partial charge in [0, 0.05) is 0 Å². The number of thiazole rings is 2. The molecule has 1 atom stereocenters. The summed E-state index contributed by atoms with van der Waals surface area (Å²) in [5.41, 5.74) is 2.01. The molecule has 0 radical (unpaired) electrons. The van der Waals surface area contributed by atoms with Gasteiger partial charge in [-0.05, 0) is 31.2 Å². The first-order chi connectivity index (χ1) is 12.7. The van der Waals surface area contributed by atoms with Gasteiger partial charge in [-0.1, -0.05) is 36.0 Å². The molecule has 2 heterocycles. The Kier molecular flexibility index (Phi) is 4.64. The van der Waals surface area contributed by atoms with Gasteiger partial charge >= 0.3 is 0 Å². The highest BCUT2D eigenvalue weighted by atomic mass is 32.2. The van der Waals surface area contributed by atoms with Crippen LogP contribution < -0.4 is 0 Å². The van der Waals surface area contributed by atoms with Crippen LogP contribution in [0.4, 0.5) is 0 Å². The SMILES string of the molecule is CC(Sc1nc2ccccc2s1)/C(O)=C(\C#N)c1nc2ccccc2s1. The van der Waals surface area contributed by atoms with Gasteiger partial charge in [0.05, 0.1) is 25.7 Å². The lowest BCUT2D eigenvalue weighted by atomic mass is 10.2. The predicted octanol–water partition coefficient (Wildman–Crippen LogP) is 5.88. The number of hydrogen-bond donors (Lipinski definition) is 1. The van der Waals surface area contributed by atoms with E-state index in [1.165, 1.54) is 23.1 Å². The van der Waals surface area contributed by atoms with E-state index in [-0.39, 0.29) is 16.6 Å².